The molecule has 0 radical (unpaired) electrons. The van der Waals surface area contributed by atoms with Crippen LogP contribution in [0.2, 0.25) is 0 Å². The van der Waals surface area contributed by atoms with Gasteiger partial charge >= 0.3 is 11.9 Å². The molecule has 4 unspecified atom stereocenters. The molecule has 0 aromatic rings. The van der Waals surface area contributed by atoms with Crippen molar-refractivity contribution in [2.45, 2.75) is 65.2 Å². The van der Waals surface area contributed by atoms with E-state index in [4.69, 9.17) is 15.9 Å². The Morgan fingerprint density at radius 2 is 1.32 bits per heavy atom. The molecule has 0 fully saturated rings. The molecule has 160 valence electrons. The minimum absolute atomic E-state index is 0.136. The zero-order valence-electron chi connectivity index (χ0n) is 16.7. The van der Waals surface area contributed by atoms with Gasteiger partial charge in [0.05, 0.1) is 12.5 Å². The summed E-state index contributed by atoms with van der Waals surface area (Å²) < 4.78 is 0. The zero-order valence-corrected chi connectivity index (χ0v) is 16.7. The molecule has 4 atom stereocenters. The molecule has 0 rings (SSSR count). The summed E-state index contributed by atoms with van der Waals surface area (Å²) in [5, 5.41) is 24.6. The Labute approximate surface area is 163 Å². The fraction of sp³-hybridized carbons (Fsp3) is 0.706. The molecule has 0 aromatic carbocycles. The van der Waals surface area contributed by atoms with E-state index in [1.54, 1.807) is 27.7 Å². The Bertz CT molecular complexity index is 606. The summed E-state index contributed by atoms with van der Waals surface area (Å²) in [4.78, 5) is 58.4. The third kappa shape index (κ3) is 8.33. The predicted octanol–water partition coefficient (Wildman–Crippen LogP) is -1.34. The fourth-order valence-electron chi connectivity index (χ4n) is 2.13. The van der Waals surface area contributed by atoms with Crippen molar-refractivity contribution in [2.75, 3.05) is 0 Å². The van der Waals surface area contributed by atoms with Crippen LogP contribution in [0.3, 0.4) is 0 Å². The molecule has 7 N–H and O–H groups in total. The van der Waals surface area contributed by atoms with Gasteiger partial charge in [-0.2, -0.15) is 0 Å². The molecule has 0 aliphatic carbocycles. The predicted molar refractivity (Wildman–Crippen MR) is 99.0 cm³/mol. The Morgan fingerprint density at radius 1 is 0.786 bits per heavy atom. The second-order valence-electron chi connectivity index (χ2n) is 7.23. The summed E-state index contributed by atoms with van der Waals surface area (Å²) in [6.07, 6.45) is -0.806. The largest absolute Gasteiger partial charge is 0.481 e. The van der Waals surface area contributed by atoms with Crippen LogP contribution in [0, 0.1) is 11.8 Å². The normalized spacial score (nSPS) is 15.3. The van der Waals surface area contributed by atoms with Crippen LogP contribution in [0.25, 0.3) is 0 Å². The number of hydrogen-bond acceptors (Lipinski definition) is 6. The molecule has 0 bridgehead atoms. The second-order valence-corrected chi connectivity index (χ2v) is 7.23. The number of carbonyl (C=O) groups is 5. The average molecular weight is 402 g/mol. The van der Waals surface area contributed by atoms with Crippen molar-refractivity contribution in [3.8, 4) is 0 Å². The van der Waals surface area contributed by atoms with Crippen LogP contribution < -0.4 is 21.7 Å². The van der Waals surface area contributed by atoms with Crippen LogP contribution in [-0.4, -0.2) is 64.0 Å². The fourth-order valence-corrected chi connectivity index (χ4v) is 2.13. The SMILES string of the molecule is CC(NC(=O)C(NC(=O)C(N)C(C)C)C(C)C)C(=O)NC(CC(=O)O)C(=O)O. The van der Waals surface area contributed by atoms with Gasteiger partial charge in [-0.25, -0.2) is 4.79 Å². The number of hydrogen-bond donors (Lipinski definition) is 6. The van der Waals surface area contributed by atoms with Crippen molar-refractivity contribution in [1.29, 1.82) is 0 Å². The molecular formula is C17H30N4O7. The number of aliphatic carboxylic acids is 2. The van der Waals surface area contributed by atoms with E-state index < -0.39 is 60.2 Å². The van der Waals surface area contributed by atoms with E-state index in [9.17, 15) is 24.0 Å². The van der Waals surface area contributed by atoms with E-state index in [0.29, 0.717) is 0 Å². The maximum Gasteiger partial charge on any atom is 0.326 e. The summed E-state index contributed by atoms with van der Waals surface area (Å²) in [5.41, 5.74) is 5.77. The van der Waals surface area contributed by atoms with Gasteiger partial charge in [-0.1, -0.05) is 27.7 Å². The van der Waals surface area contributed by atoms with Gasteiger partial charge < -0.3 is 31.9 Å². The van der Waals surface area contributed by atoms with Crippen LogP contribution in [0.15, 0.2) is 0 Å². The van der Waals surface area contributed by atoms with Crippen molar-refractivity contribution in [3.05, 3.63) is 0 Å². The molecular weight excluding hydrogens is 372 g/mol. The van der Waals surface area contributed by atoms with E-state index in [0.717, 1.165) is 0 Å². The zero-order chi connectivity index (χ0) is 22.2. The minimum Gasteiger partial charge on any atom is -0.481 e. The van der Waals surface area contributed by atoms with Gasteiger partial charge in [0.15, 0.2) is 0 Å². The van der Waals surface area contributed by atoms with E-state index in [1.165, 1.54) is 6.92 Å². The minimum atomic E-state index is -1.63. The first kappa shape index (κ1) is 25.3. The molecule has 0 spiro atoms. The molecule has 11 nitrogen and oxygen atoms in total. The van der Waals surface area contributed by atoms with Gasteiger partial charge in [-0.3, -0.25) is 19.2 Å². The first-order chi connectivity index (χ1) is 12.8. The Morgan fingerprint density at radius 3 is 1.71 bits per heavy atom. The lowest BCUT2D eigenvalue weighted by molar-refractivity contribution is -0.147. The standard InChI is InChI=1S/C17H30N4O7/c1-7(2)12(18)15(25)21-13(8(3)4)16(26)19-9(5)14(24)20-10(17(27)28)6-11(22)23/h7-10,12-13H,6,18H2,1-5H3,(H,19,26)(H,20,24)(H,21,25)(H,22,23)(H,27,28). The van der Waals surface area contributed by atoms with Crippen molar-refractivity contribution < 1.29 is 34.2 Å². The highest BCUT2D eigenvalue weighted by Crippen LogP contribution is 2.05. The molecule has 0 aromatic heterocycles. The summed E-state index contributed by atoms with van der Waals surface area (Å²) >= 11 is 0. The van der Waals surface area contributed by atoms with E-state index in [1.807, 2.05) is 0 Å². The molecule has 0 saturated heterocycles. The Hall–Kier alpha value is -2.69. The average Bonchev–Trinajstić information content (AvgIpc) is 2.56. The van der Waals surface area contributed by atoms with Gasteiger partial charge in [-0.15, -0.1) is 0 Å². The lowest BCUT2D eigenvalue weighted by atomic mass is 10.00. The van der Waals surface area contributed by atoms with Gasteiger partial charge in [0.2, 0.25) is 17.7 Å². The van der Waals surface area contributed by atoms with Crippen LogP contribution >= 0.6 is 0 Å². The molecule has 28 heavy (non-hydrogen) atoms. The lowest BCUT2D eigenvalue weighted by Crippen LogP contribution is -2.58. The van der Waals surface area contributed by atoms with Gasteiger partial charge in [0, 0.05) is 0 Å². The monoisotopic (exact) mass is 402 g/mol. The molecule has 0 aliphatic rings. The van der Waals surface area contributed by atoms with Crippen LogP contribution in [0.4, 0.5) is 0 Å². The van der Waals surface area contributed by atoms with Crippen LogP contribution in [0.5, 0.6) is 0 Å². The maximum absolute atomic E-state index is 12.5. The van der Waals surface area contributed by atoms with Crippen molar-refractivity contribution in [1.82, 2.24) is 16.0 Å². The maximum atomic E-state index is 12.5. The van der Waals surface area contributed by atoms with Crippen molar-refractivity contribution in [2.24, 2.45) is 17.6 Å². The first-order valence-corrected chi connectivity index (χ1v) is 8.89. The van der Waals surface area contributed by atoms with Crippen LogP contribution in [-0.2, 0) is 24.0 Å². The van der Waals surface area contributed by atoms with Gasteiger partial charge in [0.25, 0.3) is 0 Å². The summed E-state index contributed by atoms with van der Waals surface area (Å²) in [6.45, 7) is 8.23. The molecule has 3 amide bonds. The molecule has 0 aliphatic heterocycles. The van der Waals surface area contributed by atoms with Gasteiger partial charge in [-0.05, 0) is 18.8 Å². The van der Waals surface area contributed by atoms with Crippen LogP contribution in [0.1, 0.15) is 41.0 Å². The Kier molecular flexibility index (Phi) is 10.1. The summed E-state index contributed by atoms with van der Waals surface area (Å²) in [6, 6.07) is -4.54. The third-order valence-electron chi connectivity index (χ3n) is 4.01. The molecule has 0 saturated carbocycles. The quantitative estimate of drug-likeness (QED) is 0.245. The highest BCUT2D eigenvalue weighted by Gasteiger charge is 2.30. The van der Waals surface area contributed by atoms with E-state index in [2.05, 4.69) is 16.0 Å². The first-order valence-electron chi connectivity index (χ1n) is 8.89. The second kappa shape index (κ2) is 11.2. The van der Waals surface area contributed by atoms with Crippen molar-refractivity contribution >= 4 is 29.7 Å². The number of carboxylic acids is 2. The number of carboxylic acid groups (broad SMARTS) is 2. The summed E-state index contributed by atoms with van der Waals surface area (Å²) in [5.74, 6) is -5.37. The topological polar surface area (TPSA) is 188 Å². The Balaban J connectivity index is 5.01. The highest BCUT2D eigenvalue weighted by molar-refractivity contribution is 5.94. The van der Waals surface area contributed by atoms with E-state index in [-0.39, 0.29) is 11.8 Å². The number of amides is 3. The smallest absolute Gasteiger partial charge is 0.326 e. The lowest BCUT2D eigenvalue weighted by Gasteiger charge is -2.26. The highest BCUT2D eigenvalue weighted by atomic mass is 16.4. The van der Waals surface area contributed by atoms with E-state index >= 15 is 0 Å². The number of nitrogens with one attached hydrogen (secondary N) is 3. The molecule has 0 heterocycles. The van der Waals surface area contributed by atoms with Gasteiger partial charge in [0.1, 0.15) is 18.1 Å². The number of carbonyl (C=O) groups excluding carboxylic acids is 3. The number of nitrogens with two attached hydrogens (primary N) is 1. The van der Waals surface area contributed by atoms with Crippen molar-refractivity contribution in [3.63, 3.8) is 0 Å². The summed E-state index contributed by atoms with van der Waals surface area (Å²) in [7, 11) is 0. The third-order valence-corrected chi connectivity index (χ3v) is 4.01. The number of rotatable bonds is 11. The molecule has 11 heteroatoms.